The summed E-state index contributed by atoms with van der Waals surface area (Å²) in [6.45, 7) is 2.65. The van der Waals surface area contributed by atoms with E-state index in [4.69, 9.17) is 31.5 Å². The van der Waals surface area contributed by atoms with E-state index in [1.165, 1.54) is 6.07 Å². The molecule has 1 saturated carbocycles. The highest BCUT2D eigenvalue weighted by atomic mass is 35.5. The van der Waals surface area contributed by atoms with E-state index in [0.717, 1.165) is 30.9 Å². The fourth-order valence-electron chi connectivity index (χ4n) is 4.65. The van der Waals surface area contributed by atoms with Crippen LogP contribution in [0.1, 0.15) is 31.2 Å². The van der Waals surface area contributed by atoms with E-state index in [0.29, 0.717) is 43.8 Å². The lowest BCUT2D eigenvalue weighted by Gasteiger charge is -2.36. The Morgan fingerprint density at radius 3 is 2.19 bits per heavy atom. The van der Waals surface area contributed by atoms with Crippen molar-refractivity contribution in [1.29, 1.82) is 0 Å². The molecule has 2 N–H and O–H groups in total. The maximum Gasteiger partial charge on any atom is 0.418 e. The number of benzene rings is 2. The summed E-state index contributed by atoms with van der Waals surface area (Å²) in [5.74, 6) is -0.0640. The first-order chi connectivity index (χ1) is 17.6. The topological polar surface area (TPSA) is 85.7 Å². The maximum absolute atomic E-state index is 13.3. The van der Waals surface area contributed by atoms with E-state index in [-0.39, 0.29) is 30.5 Å². The molecule has 0 spiro atoms. The number of halogens is 4. The van der Waals surface area contributed by atoms with Gasteiger partial charge in [-0.15, -0.1) is 5.23 Å². The molecule has 1 aliphatic carbocycles. The summed E-state index contributed by atoms with van der Waals surface area (Å²) >= 11 is 5.95. The third kappa shape index (κ3) is 7.19. The van der Waals surface area contributed by atoms with E-state index in [1.807, 2.05) is 24.3 Å². The van der Waals surface area contributed by atoms with Crippen LogP contribution in [-0.4, -0.2) is 66.2 Å². The smallest absolute Gasteiger partial charge is 0.418 e. The van der Waals surface area contributed by atoms with Gasteiger partial charge in [0.2, 0.25) is 5.91 Å². The largest absolute Gasteiger partial charge is 0.490 e. The second kappa shape index (κ2) is 11.8. The molecule has 0 atom stereocenters. The Morgan fingerprint density at radius 1 is 0.973 bits per heavy atom. The van der Waals surface area contributed by atoms with Gasteiger partial charge >= 0.3 is 6.18 Å². The van der Waals surface area contributed by atoms with Crippen molar-refractivity contribution in [3.05, 3.63) is 53.1 Å². The number of nitrogens with zero attached hydrogens (tertiary/aromatic N) is 3. The molecular formula is C25H29ClF3N3O5. The normalized spacial score (nSPS) is 20.6. The quantitative estimate of drug-likeness (QED) is 0.475. The highest BCUT2D eigenvalue weighted by Gasteiger charge is 2.36. The van der Waals surface area contributed by atoms with Gasteiger partial charge in [0.25, 0.3) is 0 Å². The minimum atomic E-state index is -4.78. The second-order valence-electron chi connectivity index (χ2n) is 9.14. The summed E-state index contributed by atoms with van der Waals surface area (Å²) < 4.78 is 51.3. The van der Waals surface area contributed by atoms with Crippen molar-refractivity contribution >= 4 is 28.9 Å². The van der Waals surface area contributed by atoms with E-state index in [1.54, 1.807) is 4.90 Å². The fraction of sp³-hybridized carbons (Fsp3) is 0.480. The van der Waals surface area contributed by atoms with Gasteiger partial charge in [0.05, 0.1) is 17.8 Å². The Morgan fingerprint density at radius 2 is 1.59 bits per heavy atom. The third-order valence-corrected chi connectivity index (χ3v) is 6.93. The molecule has 4 rings (SSSR count). The Balaban J connectivity index is 1.19. The molecule has 1 amide bonds. The first kappa shape index (κ1) is 27.3. The molecule has 0 bridgehead atoms. The van der Waals surface area contributed by atoms with Crippen molar-refractivity contribution in [3.63, 3.8) is 0 Å². The van der Waals surface area contributed by atoms with Crippen LogP contribution in [0.15, 0.2) is 42.5 Å². The van der Waals surface area contributed by atoms with Crippen molar-refractivity contribution in [2.75, 3.05) is 42.9 Å². The minimum Gasteiger partial charge on any atom is -0.490 e. The van der Waals surface area contributed by atoms with Gasteiger partial charge in [-0.2, -0.15) is 13.2 Å². The lowest BCUT2D eigenvalue weighted by Crippen LogP contribution is -2.50. The Bertz CT molecular complexity index is 1050. The average molecular weight is 544 g/mol. The summed E-state index contributed by atoms with van der Waals surface area (Å²) in [5.41, 5.74) is -0.923. The highest BCUT2D eigenvalue weighted by Crippen LogP contribution is 2.39. The molecule has 202 valence electrons. The Hall–Kier alpha value is -2.73. The Kier molecular flexibility index (Phi) is 8.68. The van der Waals surface area contributed by atoms with Crippen molar-refractivity contribution in [2.45, 2.75) is 44.1 Å². The summed E-state index contributed by atoms with van der Waals surface area (Å²) in [6.07, 6.45) is -2.84. The first-order valence-corrected chi connectivity index (χ1v) is 12.4. The number of ether oxygens (including phenoxy) is 2. The SMILES string of the molecule is O=C(COC1CCC(Oc2ccc(N(O)O)c(C(F)(F)F)c2)CC1)N1CCN(c2ccc(Cl)cc2)CC1. The maximum atomic E-state index is 13.3. The molecule has 1 saturated heterocycles. The zero-order valence-electron chi connectivity index (χ0n) is 20.0. The third-order valence-electron chi connectivity index (χ3n) is 6.68. The molecule has 0 radical (unpaired) electrons. The lowest BCUT2D eigenvalue weighted by atomic mass is 9.95. The van der Waals surface area contributed by atoms with Crippen molar-refractivity contribution < 1.29 is 37.9 Å². The van der Waals surface area contributed by atoms with E-state index in [9.17, 15) is 18.0 Å². The average Bonchev–Trinajstić information content (AvgIpc) is 2.88. The highest BCUT2D eigenvalue weighted by molar-refractivity contribution is 6.30. The summed E-state index contributed by atoms with van der Waals surface area (Å²) in [5, 5.41) is 18.2. The monoisotopic (exact) mass is 543 g/mol. The molecule has 12 heteroatoms. The zero-order chi connectivity index (χ0) is 26.6. The van der Waals surface area contributed by atoms with Crippen LogP contribution in [0.5, 0.6) is 5.75 Å². The number of anilines is 2. The second-order valence-corrected chi connectivity index (χ2v) is 9.57. The number of carbonyl (C=O) groups excluding carboxylic acids is 1. The number of rotatable bonds is 7. The van der Waals surface area contributed by atoms with Gasteiger partial charge in [0, 0.05) is 36.9 Å². The van der Waals surface area contributed by atoms with Crippen LogP contribution in [0.25, 0.3) is 0 Å². The van der Waals surface area contributed by atoms with Crippen LogP contribution >= 0.6 is 11.6 Å². The molecule has 2 aromatic carbocycles. The lowest BCUT2D eigenvalue weighted by molar-refractivity contribution is -0.140. The van der Waals surface area contributed by atoms with Gasteiger partial charge in [-0.1, -0.05) is 11.6 Å². The van der Waals surface area contributed by atoms with Gasteiger partial charge in [0.15, 0.2) is 0 Å². The fourth-order valence-corrected chi connectivity index (χ4v) is 4.77. The van der Waals surface area contributed by atoms with E-state index < -0.39 is 22.7 Å². The minimum absolute atomic E-state index is 0.00443. The molecule has 1 heterocycles. The summed E-state index contributed by atoms with van der Waals surface area (Å²) in [6, 6.07) is 10.6. The zero-order valence-corrected chi connectivity index (χ0v) is 20.8. The summed E-state index contributed by atoms with van der Waals surface area (Å²) in [7, 11) is 0. The standard InChI is InChI=1S/C25H29ClF3N3O5/c26-17-1-3-18(4-2-17)30-11-13-31(14-12-30)24(33)16-36-19-5-7-20(8-6-19)37-21-9-10-23(32(34)35)22(15-21)25(27,28)29/h1-4,9-10,15,19-20,34-35H,5-8,11-14,16H2. The summed E-state index contributed by atoms with van der Waals surface area (Å²) in [4.78, 5) is 16.6. The number of piperazine rings is 1. The van der Waals surface area contributed by atoms with Crippen LogP contribution in [0.3, 0.4) is 0 Å². The number of hydrogen-bond donors (Lipinski definition) is 2. The molecule has 0 aromatic heterocycles. The molecule has 1 aliphatic heterocycles. The van der Waals surface area contributed by atoms with Crippen molar-refractivity contribution in [2.24, 2.45) is 0 Å². The molecule has 2 fully saturated rings. The number of hydrogen-bond acceptors (Lipinski definition) is 7. The molecule has 37 heavy (non-hydrogen) atoms. The molecule has 2 aliphatic rings. The van der Waals surface area contributed by atoms with Gasteiger partial charge in [-0.3, -0.25) is 15.2 Å². The van der Waals surface area contributed by atoms with Crippen molar-refractivity contribution in [1.82, 2.24) is 4.90 Å². The molecule has 0 unspecified atom stereocenters. The molecule has 2 aromatic rings. The van der Waals surface area contributed by atoms with Crippen LogP contribution in [-0.2, 0) is 15.7 Å². The van der Waals surface area contributed by atoms with Crippen LogP contribution in [0.2, 0.25) is 5.02 Å². The van der Waals surface area contributed by atoms with Gasteiger partial charge in [-0.05, 0) is 68.1 Å². The van der Waals surface area contributed by atoms with Crippen LogP contribution in [0.4, 0.5) is 24.5 Å². The van der Waals surface area contributed by atoms with Crippen LogP contribution in [0, 0.1) is 0 Å². The van der Waals surface area contributed by atoms with Crippen molar-refractivity contribution in [3.8, 4) is 5.75 Å². The Labute approximate surface area is 217 Å². The van der Waals surface area contributed by atoms with E-state index >= 15 is 0 Å². The van der Waals surface area contributed by atoms with Gasteiger partial charge in [-0.25, -0.2) is 0 Å². The predicted octanol–water partition coefficient (Wildman–Crippen LogP) is 5.00. The first-order valence-electron chi connectivity index (χ1n) is 12.1. The van der Waals surface area contributed by atoms with E-state index in [2.05, 4.69) is 4.90 Å². The van der Waals surface area contributed by atoms with Gasteiger partial charge < -0.3 is 19.3 Å². The predicted molar refractivity (Wildman–Crippen MR) is 130 cm³/mol. The number of alkyl halides is 3. The van der Waals surface area contributed by atoms with Gasteiger partial charge in [0.1, 0.15) is 18.0 Å². The molecular weight excluding hydrogens is 515 g/mol. The van der Waals surface area contributed by atoms with Crippen LogP contribution < -0.4 is 14.9 Å². The molecule has 8 nitrogen and oxygen atoms in total. The number of amides is 1. The number of carbonyl (C=O) groups is 1.